The third kappa shape index (κ3) is 5.98. The fourth-order valence-electron chi connectivity index (χ4n) is 2.06. The van der Waals surface area contributed by atoms with Crippen LogP contribution in [0.2, 0.25) is 0 Å². The minimum Gasteiger partial charge on any atom is -0.493 e. The Hall–Kier alpha value is -2.44. The highest BCUT2D eigenvalue weighted by Crippen LogP contribution is 2.38. The molecule has 0 aromatic heterocycles. The lowest BCUT2D eigenvalue weighted by Crippen LogP contribution is -2.42. The molecule has 1 aromatic carbocycles. The smallest absolute Gasteiger partial charge is 0.310 e. The van der Waals surface area contributed by atoms with E-state index in [0.717, 1.165) is 0 Å². The topological polar surface area (TPSA) is 83.1 Å². The van der Waals surface area contributed by atoms with E-state index in [2.05, 4.69) is 5.32 Å². The molecule has 0 saturated carbocycles. The van der Waals surface area contributed by atoms with Crippen molar-refractivity contribution < 1.29 is 28.5 Å². The van der Waals surface area contributed by atoms with Crippen LogP contribution in [0, 0.1) is 0 Å². The van der Waals surface area contributed by atoms with Gasteiger partial charge in [0.05, 0.1) is 27.8 Å². The summed E-state index contributed by atoms with van der Waals surface area (Å²) >= 11 is 0. The Morgan fingerprint density at radius 1 is 1.00 bits per heavy atom. The van der Waals surface area contributed by atoms with Crippen LogP contribution < -0.4 is 19.5 Å². The van der Waals surface area contributed by atoms with Gasteiger partial charge in [0, 0.05) is 5.54 Å². The van der Waals surface area contributed by atoms with Crippen LogP contribution in [0.4, 0.5) is 0 Å². The first-order chi connectivity index (χ1) is 11.2. The highest BCUT2D eigenvalue weighted by atomic mass is 16.5. The number of carbonyl (C=O) groups is 2. The van der Waals surface area contributed by atoms with E-state index in [0.29, 0.717) is 22.8 Å². The minimum atomic E-state index is -0.520. The van der Waals surface area contributed by atoms with E-state index in [4.69, 9.17) is 18.9 Å². The molecule has 1 aromatic rings. The molecule has 0 spiro atoms. The molecule has 0 radical (unpaired) electrons. The van der Waals surface area contributed by atoms with E-state index in [1.54, 1.807) is 12.1 Å². The lowest BCUT2D eigenvalue weighted by molar-refractivity contribution is -0.148. The number of nitrogens with one attached hydrogen (secondary N) is 1. The van der Waals surface area contributed by atoms with Crippen LogP contribution in [0.3, 0.4) is 0 Å². The van der Waals surface area contributed by atoms with Gasteiger partial charge >= 0.3 is 5.97 Å². The molecule has 0 aliphatic heterocycles. The average Bonchev–Trinajstić information content (AvgIpc) is 2.50. The Labute approximate surface area is 142 Å². The summed E-state index contributed by atoms with van der Waals surface area (Å²) in [6.45, 7) is 5.23. The van der Waals surface area contributed by atoms with Crippen LogP contribution in [0.5, 0.6) is 17.2 Å². The number of hydrogen-bond acceptors (Lipinski definition) is 6. The number of esters is 1. The van der Waals surface area contributed by atoms with E-state index in [1.807, 2.05) is 20.8 Å². The number of methoxy groups -OCH3 is 3. The van der Waals surface area contributed by atoms with Gasteiger partial charge in [-0.15, -0.1) is 0 Å². The van der Waals surface area contributed by atoms with E-state index in [1.165, 1.54) is 21.3 Å². The molecular formula is C17H25NO6. The van der Waals surface area contributed by atoms with Gasteiger partial charge in [0.15, 0.2) is 18.1 Å². The van der Waals surface area contributed by atoms with Crippen LogP contribution in [0.15, 0.2) is 12.1 Å². The number of hydrogen-bond donors (Lipinski definition) is 1. The molecule has 1 N–H and O–H groups in total. The SMILES string of the molecule is COc1cc(CC(=O)OCC(=O)NC(C)(C)C)cc(OC)c1OC. The molecular weight excluding hydrogens is 314 g/mol. The molecule has 1 rings (SSSR count). The first-order valence-corrected chi connectivity index (χ1v) is 7.45. The fourth-order valence-corrected chi connectivity index (χ4v) is 2.06. The van der Waals surface area contributed by atoms with Gasteiger partial charge in [-0.2, -0.15) is 0 Å². The molecule has 134 valence electrons. The van der Waals surface area contributed by atoms with Gasteiger partial charge in [0.2, 0.25) is 5.75 Å². The van der Waals surface area contributed by atoms with Crippen molar-refractivity contribution in [3.63, 3.8) is 0 Å². The molecule has 0 aliphatic carbocycles. The van der Waals surface area contributed by atoms with E-state index < -0.39 is 5.97 Å². The number of benzene rings is 1. The number of amides is 1. The summed E-state index contributed by atoms with van der Waals surface area (Å²) < 4.78 is 20.7. The quantitative estimate of drug-likeness (QED) is 0.762. The average molecular weight is 339 g/mol. The molecule has 1 amide bonds. The number of rotatable bonds is 7. The van der Waals surface area contributed by atoms with Crippen molar-refractivity contribution in [3.8, 4) is 17.2 Å². The van der Waals surface area contributed by atoms with Gasteiger partial charge in [-0.05, 0) is 38.5 Å². The third-order valence-corrected chi connectivity index (χ3v) is 2.95. The lowest BCUT2D eigenvalue weighted by Gasteiger charge is -2.20. The minimum absolute atomic E-state index is 0.0144. The normalized spacial score (nSPS) is 10.8. The number of ether oxygens (including phenoxy) is 4. The van der Waals surface area contributed by atoms with Crippen LogP contribution >= 0.6 is 0 Å². The molecule has 7 heteroatoms. The second kappa shape index (κ2) is 8.42. The summed E-state index contributed by atoms with van der Waals surface area (Å²) in [4.78, 5) is 23.6. The zero-order chi connectivity index (χ0) is 18.3. The van der Waals surface area contributed by atoms with E-state index in [9.17, 15) is 9.59 Å². The van der Waals surface area contributed by atoms with Crippen molar-refractivity contribution in [2.24, 2.45) is 0 Å². The second-order valence-electron chi connectivity index (χ2n) is 6.17. The predicted octanol–water partition coefficient (Wildman–Crippen LogP) is 1.71. The first-order valence-electron chi connectivity index (χ1n) is 7.45. The Kier molecular flexibility index (Phi) is 6.88. The van der Waals surface area contributed by atoms with Crippen molar-refractivity contribution in [2.45, 2.75) is 32.7 Å². The Morgan fingerprint density at radius 3 is 1.96 bits per heavy atom. The van der Waals surface area contributed by atoms with Crippen LogP contribution in [-0.2, 0) is 20.7 Å². The van der Waals surface area contributed by atoms with E-state index >= 15 is 0 Å². The van der Waals surface area contributed by atoms with Gasteiger partial charge in [-0.25, -0.2) is 0 Å². The molecule has 0 saturated heterocycles. The predicted molar refractivity (Wildman–Crippen MR) is 88.7 cm³/mol. The Bertz CT molecular complexity index is 566. The second-order valence-corrected chi connectivity index (χ2v) is 6.17. The highest BCUT2D eigenvalue weighted by Gasteiger charge is 2.17. The molecule has 24 heavy (non-hydrogen) atoms. The standard InChI is InChI=1S/C17H25NO6/c1-17(2,3)18-14(19)10-24-15(20)9-11-7-12(21-4)16(23-6)13(8-11)22-5/h7-8H,9-10H2,1-6H3,(H,18,19). The zero-order valence-corrected chi connectivity index (χ0v) is 15.0. The molecule has 0 unspecified atom stereocenters. The van der Waals surface area contributed by atoms with Crippen molar-refractivity contribution in [1.29, 1.82) is 0 Å². The summed E-state index contributed by atoms with van der Waals surface area (Å²) in [5, 5.41) is 2.72. The van der Waals surface area contributed by atoms with Gasteiger partial charge in [-0.3, -0.25) is 9.59 Å². The van der Waals surface area contributed by atoms with Crippen molar-refractivity contribution in [1.82, 2.24) is 5.32 Å². The molecule has 7 nitrogen and oxygen atoms in total. The van der Waals surface area contributed by atoms with Crippen LogP contribution in [0.1, 0.15) is 26.3 Å². The molecule has 0 heterocycles. The largest absolute Gasteiger partial charge is 0.493 e. The maximum atomic E-state index is 11.9. The molecule has 0 fully saturated rings. The summed E-state index contributed by atoms with van der Waals surface area (Å²) in [7, 11) is 4.49. The third-order valence-electron chi connectivity index (χ3n) is 2.95. The summed E-state index contributed by atoms with van der Waals surface area (Å²) in [5.74, 6) is 0.478. The van der Waals surface area contributed by atoms with Crippen LogP contribution in [0.25, 0.3) is 0 Å². The molecule has 0 aliphatic rings. The molecule has 0 atom stereocenters. The zero-order valence-electron chi connectivity index (χ0n) is 15.0. The van der Waals surface area contributed by atoms with Gasteiger partial charge < -0.3 is 24.3 Å². The van der Waals surface area contributed by atoms with Gasteiger partial charge in [0.25, 0.3) is 5.91 Å². The van der Waals surface area contributed by atoms with Gasteiger partial charge in [-0.1, -0.05) is 0 Å². The monoisotopic (exact) mass is 339 g/mol. The highest BCUT2D eigenvalue weighted by molar-refractivity contribution is 5.81. The maximum Gasteiger partial charge on any atom is 0.310 e. The van der Waals surface area contributed by atoms with E-state index in [-0.39, 0.29) is 24.5 Å². The fraction of sp³-hybridized carbons (Fsp3) is 0.529. The number of carbonyl (C=O) groups excluding carboxylic acids is 2. The Balaban J connectivity index is 2.72. The molecule has 0 bridgehead atoms. The van der Waals surface area contributed by atoms with Crippen LogP contribution in [-0.4, -0.2) is 45.4 Å². The first kappa shape index (κ1) is 19.6. The van der Waals surface area contributed by atoms with Crippen molar-refractivity contribution in [2.75, 3.05) is 27.9 Å². The summed E-state index contributed by atoms with van der Waals surface area (Å²) in [6, 6.07) is 3.33. The van der Waals surface area contributed by atoms with Crippen molar-refractivity contribution in [3.05, 3.63) is 17.7 Å². The maximum absolute atomic E-state index is 11.9. The van der Waals surface area contributed by atoms with Crippen molar-refractivity contribution >= 4 is 11.9 Å². The van der Waals surface area contributed by atoms with Gasteiger partial charge in [0.1, 0.15) is 0 Å². The Morgan fingerprint density at radius 2 is 1.54 bits per heavy atom. The summed E-state index contributed by atoms with van der Waals surface area (Å²) in [6.07, 6.45) is -0.0144. The lowest BCUT2D eigenvalue weighted by atomic mass is 10.1. The summed E-state index contributed by atoms with van der Waals surface area (Å²) in [5.41, 5.74) is 0.256.